The SMILES string of the molecule is CC(O)(c1ccc(C(=O)O)o1)C1CC1. The summed E-state index contributed by atoms with van der Waals surface area (Å²) < 4.78 is 5.06. The number of carboxylic acids is 1. The third-order valence-electron chi connectivity index (χ3n) is 2.69. The Morgan fingerprint density at radius 1 is 1.57 bits per heavy atom. The van der Waals surface area contributed by atoms with Gasteiger partial charge in [0.05, 0.1) is 0 Å². The van der Waals surface area contributed by atoms with Gasteiger partial charge in [-0.25, -0.2) is 4.79 Å². The highest BCUT2D eigenvalue weighted by atomic mass is 16.4. The van der Waals surface area contributed by atoms with Gasteiger partial charge >= 0.3 is 5.97 Å². The highest BCUT2D eigenvalue weighted by Gasteiger charge is 2.43. The molecule has 1 aromatic heterocycles. The summed E-state index contributed by atoms with van der Waals surface area (Å²) >= 11 is 0. The first-order valence-corrected chi connectivity index (χ1v) is 4.58. The first kappa shape index (κ1) is 9.27. The van der Waals surface area contributed by atoms with Crippen LogP contribution in [0.3, 0.4) is 0 Å². The number of furan rings is 1. The average molecular weight is 196 g/mol. The zero-order chi connectivity index (χ0) is 10.3. The maximum absolute atomic E-state index is 10.6. The molecular formula is C10H12O4. The van der Waals surface area contributed by atoms with Gasteiger partial charge in [-0.1, -0.05) is 0 Å². The van der Waals surface area contributed by atoms with Gasteiger partial charge in [0.1, 0.15) is 11.4 Å². The normalized spacial score (nSPS) is 20.4. The lowest BCUT2D eigenvalue weighted by Crippen LogP contribution is -2.22. The second-order valence-electron chi connectivity index (χ2n) is 3.89. The minimum atomic E-state index is -1.11. The van der Waals surface area contributed by atoms with E-state index in [1.807, 2.05) is 0 Å². The zero-order valence-corrected chi connectivity index (χ0v) is 7.86. The smallest absolute Gasteiger partial charge is 0.371 e. The van der Waals surface area contributed by atoms with E-state index in [0.717, 1.165) is 12.8 Å². The summed E-state index contributed by atoms with van der Waals surface area (Å²) in [5.74, 6) is -0.684. The number of carboxylic acid groups (broad SMARTS) is 1. The summed E-state index contributed by atoms with van der Waals surface area (Å²) in [6, 6.07) is 2.90. The van der Waals surface area contributed by atoms with E-state index in [2.05, 4.69) is 0 Å². The van der Waals surface area contributed by atoms with Crippen molar-refractivity contribution in [1.29, 1.82) is 0 Å². The van der Waals surface area contributed by atoms with Crippen LogP contribution < -0.4 is 0 Å². The van der Waals surface area contributed by atoms with E-state index in [1.165, 1.54) is 12.1 Å². The molecule has 1 aliphatic rings. The molecule has 2 N–H and O–H groups in total. The first-order valence-electron chi connectivity index (χ1n) is 4.58. The van der Waals surface area contributed by atoms with E-state index in [1.54, 1.807) is 6.92 Å². The molecule has 0 aromatic carbocycles. The van der Waals surface area contributed by atoms with Gasteiger partial charge in [-0.3, -0.25) is 0 Å². The van der Waals surface area contributed by atoms with Gasteiger partial charge in [0, 0.05) is 0 Å². The monoisotopic (exact) mass is 196 g/mol. The molecule has 1 unspecified atom stereocenters. The van der Waals surface area contributed by atoms with Crippen molar-refractivity contribution in [1.82, 2.24) is 0 Å². The molecule has 0 spiro atoms. The van der Waals surface area contributed by atoms with Crippen molar-refractivity contribution in [2.24, 2.45) is 5.92 Å². The summed E-state index contributed by atoms with van der Waals surface area (Å²) in [4.78, 5) is 10.6. The van der Waals surface area contributed by atoms with Gasteiger partial charge in [0.25, 0.3) is 0 Å². The Kier molecular flexibility index (Phi) is 1.89. The molecule has 4 nitrogen and oxygen atoms in total. The largest absolute Gasteiger partial charge is 0.475 e. The molecule has 1 aromatic rings. The van der Waals surface area contributed by atoms with E-state index >= 15 is 0 Å². The minimum absolute atomic E-state index is 0.124. The molecule has 14 heavy (non-hydrogen) atoms. The molecule has 0 aliphatic heterocycles. The van der Waals surface area contributed by atoms with E-state index in [4.69, 9.17) is 9.52 Å². The van der Waals surface area contributed by atoms with Crippen molar-refractivity contribution in [3.8, 4) is 0 Å². The van der Waals surface area contributed by atoms with Crippen LogP contribution in [0.25, 0.3) is 0 Å². The van der Waals surface area contributed by atoms with Crippen molar-refractivity contribution in [3.05, 3.63) is 23.7 Å². The maximum Gasteiger partial charge on any atom is 0.371 e. The number of hydrogen-bond acceptors (Lipinski definition) is 3. The molecule has 2 rings (SSSR count). The molecule has 1 atom stereocenters. The van der Waals surface area contributed by atoms with Gasteiger partial charge < -0.3 is 14.6 Å². The quantitative estimate of drug-likeness (QED) is 0.770. The van der Waals surface area contributed by atoms with Crippen LogP contribution in [-0.2, 0) is 5.60 Å². The molecule has 1 fully saturated rings. The summed E-state index contributed by atoms with van der Waals surface area (Å²) in [6.45, 7) is 1.66. The summed E-state index contributed by atoms with van der Waals surface area (Å²) in [6.07, 6.45) is 1.94. The fraction of sp³-hybridized carbons (Fsp3) is 0.500. The topological polar surface area (TPSA) is 70.7 Å². The Bertz CT molecular complexity index is 360. The number of carbonyl (C=O) groups is 1. The minimum Gasteiger partial charge on any atom is -0.475 e. The van der Waals surface area contributed by atoms with Crippen LogP contribution in [0.15, 0.2) is 16.5 Å². The lowest BCUT2D eigenvalue weighted by molar-refractivity contribution is 0.00971. The van der Waals surface area contributed by atoms with Crippen molar-refractivity contribution < 1.29 is 19.4 Å². The molecule has 1 saturated carbocycles. The van der Waals surface area contributed by atoms with E-state index in [0.29, 0.717) is 5.76 Å². The number of hydrogen-bond donors (Lipinski definition) is 2. The lowest BCUT2D eigenvalue weighted by atomic mass is 9.98. The Morgan fingerprint density at radius 2 is 2.21 bits per heavy atom. The summed E-state index contributed by atoms with van der Waals surface area (Å²) in [7, 11) is 0. The summed E-state index contributed by atoms with van der Waals surface area (Å²) in [5, 5.41) is 18.7. The number of rotatable bonds is 3. The van der Waals surface area contributed by atoms with Crippen LogP contribution in [0.2, 0.25) is 0 Å². The third-order valence-corrected chi connectivity index (χ3v) is 2.69. The first-order chi connectivity index (χ1) is 6.51. The molecule has 1 heterocycles. The molecule has 0 amide bonds. The molecule has 1 aliphatic carbocycles. The van der Waals surface area contributed by atoms with Crippen LogP contribution in [0.1, 0.15) is 36.1 Å². The standard InChI is InChI=1S/C10H12O4/c1-10(13,6-2-3-6)8-5-4-7(14-8)9(11)12/h4-6,13H,2-3H2,1H3,(H,11,12). The lowest BCUT2D eigenvalue weighted by Gasteiger charge is -2.19. The molecule has 0 radical (unpaired) electrons. The highest BCUT2D eigenvalue weighted by Crippen LogP contribution is 2.45. The Labute approximate surface area is 81.2 Å². The second kappa shape index (κ2) is 2.85. The predicted molar refractivity (Wildman–Crippen MR) is 48.0 cm³/mol. The van der Waals surface area contributed by atoms with Crippen LogP contribution in [0, 0.1) is 5.92 Å². The van der Waals surface area contributed by atoms with Gasteiger partial charge in [0.15, 0.2) is 0 Å². The van der Waals surface area contributed by atoms with Crippen LogP contribution in [0.5, 0.6) is 0 Å². The van der Waals surface area contributed by atoms with Crippen LogP contribution in [-0.4, -0.2) is 16.2 Å². The maximum atomic E-state index is 10.6. The Hall–Kier alpha value is -1.29. The van der Waals surface area contributed by atoms with Crippen molar-refractivity contribution in [2.75, 3.05) is 0 Å². The molecular weight excluding hydrogens is 184 g/mol. The highest BCUT2D eigenvalue weighted by molar-refractivity contribution is 5.84. The van der Waals surface area contributed by atoms with Crippen LogP contribution in [0.4, 0.5) is 0 Å². The predicted octanol–water partition coefficient (Wildman–Crippen LogP) is 1.60. The average Bonchev–Trinajstić information content (AvgIpc) is 2.82. The van der Waals surface area contributed by atoms with Gasteiger partial charge in [-0.15, -0.1) is 0 Å². The Balaban J connectivity index is 2.27. The van der Waals surface area contributed by atoms with Crippen LogP contribution >= 0.6 is 0 Å². The zero-order valence-electron chi connectivity index (χ0n) is 7.86. The van der Waals surface area contributed by atoms with Gasteiger partial charge in [-0.05, 0) is 37.8 Å². The van der Waals surface area contributed by atoms with E-state index in [-0.39, 0.29) is 11.7 Å². The molecule has 0 bridgehead atoms. The van der Waals surface area contributed by atoms with Crippen molar-refractivity contribution >= 4 is 5.97 Å². The van der Waals surface area contributed by atoms with Gasteiger partial charge in [0.2, 0.25) is 5.76 Å². The molecule has 76 valence electrons. The fourth-order valence-electron chi connectivity index (χ4n) is 1.57. The molecule has 4 heteroatoms. The van der Waals surface area contributed by atoms with Gasteiger partial charge in [-0.2, -0.15) is 0 Å². The van der Waals surface area contributed by atoms with Crippen molar-refractivity contribution in [2.45, 2.75) is 25.4 Å². The number of aromatic carboxylic acids is 1. The van der Waals surface area contributed by atoms with Crippen molar-refractivity contribution in [3.63, 3.8) is 0 Å². The van der Waals surface area contributed by atoms with E-state index in [9.17, 15) is 9.90 Å². The summed E-state index contributed by atoms with van der Waals surface area (Å²) in [5.41, 5.74) is -1.02. The number of aliphatic hydroxyl groups is 1. The molecule has 0 saturated heterocycles. The third kappa shape index (κ3) is 1.42. The second-order valence-corrected chi connectivity index (χ2v) is 3.89. The van der Waals surface area contributed by atoms with E-state index < -0.39 is 11.6 Å². The fourth-order valence-corrected chi connectivity index (χ4v) is 1.57. The Morgan fingerprint density at radius 3 is 2.64 bits per heavy atom.